The predicted octanol–water partition coefficient (Wildman–Crippen LogP) is 4.60. The topological polar surface area (TPSA) is 121 Å². The fourth-order valence-electron chi connectivity index (χ4n) is 4.33. The Hall–Kier alpha value is -3.60. The van der Waals surface area contributed by atoms with Crippen molar-refractivity contribution in [3.63, 3.8) is 0 Å². The van der Waals surface area contributed by atoms with Crippen LogP contribution in [0.3, 0.4) is 0 Å². The molecule has 0 radical (unpaired) electrons. The van der Waals surface area contributed by atoms with Crippen LogP contribution in [-0.2, 0) is 26.2 Å². The molecule has 38 heavy (non-hydrogen) atoms. The maximum Gasteiger partial charge on any atom is 0.303 e. The number of carboxylic acids is 1. The number of nitrogens with zero attached hydrogens (tertiary/aromatic N) is 1. The summed E-state index contributed by atoms with van der Waals surface area (Å²) in [5.41, 5.74) is 3.67. The monoisotopic (exact) mass is 596 g/mol. The number of aliphatic carboxylic acids is 1. The van der Waals surface area contributed by atoms with E-state index < -0.39 is 21.9 Å². The number of hydrogen-bond acceptors (Lipinski definition) is 5. The van der Waals surface area contributed by atoms with E-state index in [1.165, 1.54) is 36.1 Å². The van der Waals surface area contributed by atoms with Gasteiger partial charge in [0.05, 0.1) is 17.1 Å². The molecule has 0 atom stereocenters. The van der Waals surface area contributed by atoms with Crippen molar-refractivity contribution >= 4 is 49.2 Å². The summed E-state index contributed by atoms with van der Waals surface area (Å²) in [6, 6.07) is 20.6. The quantitative estimate of drug-likeness (QED) is 0.348. The molecule has 1 aliphatic heterocycles. The Morgan fingerprint density at radius 3 is 2.32 bits per heavy atom. The van der Waals surface area contributed by atoms with Crippen LogP contribution in [-0.4, -0.2) is 42.6 Å². The fraction of sp³-hybridized carbons (Fsp3) is 0.179. The van der Waals surface area contributed by atoms with Crippen LogP contribution >= 0.6 is 15.9 Å². The number of ketones is 1. The third-order valence-electron chi connectivity index (χ3n) is 6.09. The molecule has 2 N–H and O–H groups in total. The highest BCUT2D eigenvalue weighted by Gasteiger charge is 2.33. The van der Waals surface area contributed by atoms with Crippen LogP contribution in [0.1, 0.15) is 46.8 Å². The normalized spacial score (nSPS) is 13.3. The van der Waals surface area contributed by atoms with Crippen molar-refractivity contribution in [3.05, 3.63) is 105 Å². The summed E-state index contributed by atoms with van der Waals surface area (Å²) in [5, 5.41) is 8.71. The van der Waals surface area contributed by atoms with E-state index in [1.807, 2.05) is 48.5 Å². The van der Waals surface area contributed by atoms with Gasteiger partial charge in [-0.1, -0.05) is 52.3 Å². The van der Waals surface area contributed by atoms with Gasteiger partial charge in [0.1, 0.15) is 0 Å². The van der Waals surface area contributed by atoms with E-state index in [-0.39, 0.29) is 47.9 Å². The van der Waals surface area contributed by atoms with Gasteiger partial charge in [0, 0.05) is 35.5 Å². The lowest BCUT2D eigenvalue weighted by atomic mass is 9.87. The molecular formula is C28H25BrN2O6S. The Labute approximate surface area is 229 Å². The van der Waals surface area contributed by atoms with Crippen LogP contribution in [0.25, 0.3) is 5.57 Å². The summed E-state index contributed by atoms with van der Waals surface area (Å²) in [5.74, 6) is -1.71. The fourth-order valence-corrected chi connectivity index (χ4v) is 5.76. The van der Waals surface area contributed by atoms with Gasteiger partial charge in [0.15, 0.2) is 5.78 Å². The number of Topliss-reactive ketones (excluding diaryl/α,β-unsaturated/α-hetero) is 1. The Balaban J connectivity index is 1.69. The molecule has 4 rings (SSSR count). The van der Waals surface area contributed by atoms with Crippen molar-refractivity contribution < 1.29 is 27.9 Å². The first kappa shape index (κ1) is 27.4. The van der Waals surface area contributed by atoms with Crippen molar-refractivity contribution in [1.82, 2.24) is 9.62 Å². The molecule has 3 aromatic carbocycles. The molecule has 8 nitrogen and oxygen atoms in total. The van der Waals surface area contributed by atoms with Gasteiger partial charge in [0.25, 0.3) is 5.91 Å². The molecule has 0 saturated heterocycles. The first-order valence-corrected chi connectivity index (χ1v) is 14.1. The second kappa shape index (κ2) is 11.4. The van der Waals surface area contributed by atoms with Gasteiger partial charge in [-0.3, -0.25) is 19.3 Å². The number of carboxylic acid groups (broad SMARTS) is 1. The summed E-state index contributed by atoms with van der Waals surface area (Å²) in [6.45, 7) is 1.58. The average Bonchev–Trinajstić information content (AvgIpc) is 2.90. The molecule has 0 aliphatic carbocycles. The molecular weight excluding hydrogens is 572 g/mol. The number of sulfonamides is 1. The maximum atomic E-state index is 13.7. The summed E-state index contributed by atoms with van der Waals surface area (Å²) in [7, 11) is -3.87. The van der Waals surface area contributed by atoms with E-state index >= 15 is 0 Å². The first-order chi connectivity index (χ1) is 18.1. The molecule has 0 bridgehead atoms. The molecule has 1 amide bonds. The Bertz CT molecular complexity index is 1530. The molecule has 0 aromatic heterocycles. The highest BCUT2D eigenvalue weighted by atomic mass is 79.9. The Kier molecular flexibility index (Phi) is 8.25. The SMILES string of the molecule is CC(=O)C1=C(c2ccccc2)c2cc(Br)ccc2CN1C(=O)c1ccc(S(=O)(=O)NCCCC(=O)O)cc1. The highest BCUT2D eigenvalue weighted by Crippen LogP contribution is 2.38. The number of allylic oxidation sites excluding steroid dienone is 1. The van der Waals surface area contributed by atoms with Gasteiger partial charge in [-0.2, -0.15) is 0 Å². The molecule has 3 aromatic rings. The van der Waals surface area contributed by atoms with Crippen molar-refractivity contribution in [1.29, 1.82) is 0 Å². The van der Waals surface area contributed by atoms with E-state index in [0.29, 0.717) is 5.57 Å². The summed E-state index contributed by atoms with van der Waals surface area (Å²) >= 11 is 3.51. The lowest BCUT2D eigenvalue weighted by molar-refractivity contribution is -0.137. The third kappa shape index (κ3) is 5.93. The molecule has 0 saturated carbocycles. The van der Waals surface area contributed by atoms with Gasteiger partial charge < -0.3 is 5.11 Å². The lowest BCUT2D eigenvalue weighted by Crippen LogP contribution is -2.36. The van der Waals surface area contributed by atoms with Crippen LogP contribution < -0.4 is 4.72 Å². The van der Waals surface area contributed by atoms with Crippen LogP contribution in [0, 0.1) is 0 Å². The van der Waals surface area contributed by atoms with Crippen LogP contribution in [0.4, 0.5) is 0 Å². The van der Waals surface area contributed by atoms with Gasteiger partial charge in [0.2, 0.25) is 10.0 Å². The first-order valence-electron chi connectivity index (χ1n) is 11.8. The van der Waals surface area contributed by atoms with Crippen LogP contribution in [0.5, 0.6) is 0 Å². The van der Waals surface area contributed by atoms with E-state index in [2.05, 4.69) is 20.7 Å². The van der Waals surface area contributed by atoms with Crippen molar-refractivity contribution in [2.75, 3.05) is 6.54 Å². The third-order valence-corrected chi connectivity index (χ3v) is 8.06. The number of nitrogens with one attached hydrogen (secondary N) is 1. The zero-order chi connectivity index (χ0) is 27.4. The standard InChI is InChI=1S/C28H25BrN2O6S/c1-18(32)27-26(19-6-3-2-4-7-19)24-16-22(29)12-9-21(24)17-31(27)28(35)20-10-13-23(14-11-20)38(36,37)30-15-5-8-25(33)34/h2-4,6-7,9-14,16,30H,5,8,15,17H2,1H3,(H,33,34). The van der Waals surface area contributed by atoms with Gasteiger partial charge >= 0.3 is 5.97 Å². The number of carbonyl (C=O) groups excluding carboxylic acids is 2. The maximum absolute atomic E-state index is 13.7. The predicted molar refractivity (Wildman–Crippen MR) is 146 cm³/mol. The Morgan fingerprint density at radius 2 is 1.68 bits per heavy atom. The number of benzene rings is 3. The van der Waals surface area contributed by atoms with E-state index in [9.17, 15) is 22.8 Å². The summed E-state index contributed by atoms with van der Waals surface area (Å²) in [6.07, 6.45) is 0.00485. The largest absolute Gasteiger partial charge is 0.481 e. The van der Waals surface area contributed by atoms with Crippen LogP contribution in [0.15, 0.2) is 87.9 Å². The molecule has 196 valence electrons. The summed E-state index contributed by atoms with van der Waals surface area (Å²) < 4.78 is 28.3. The number of halogens is 1. The molecule has 10 heteroatoms. The summed E-state index contributed by atoms with van der Waals surface area (Å²) in [4.78, 5) is 38.7. The van der Waals surface area contributed by atoms with Gasteiger partial charge in [-0.05, 0) is 59.5 Å². The number of rotatable bonds is 9. The number of hydrogen-bond donors (Lipinski definition) is 2. The molecule has 0 fully saturated rings. The minimum atomic E-state index is -3.87. The van der Waals surface area contributed by atoms with Gasteiger partial charge in [-0.15, -0.1) is 0 Å². The van der Waals surface area contributed by atoms with E-state index in [4.69, 9.17) is 5.11 Å². The molecule has 1 heterocycles. The smallest absolute Gasteiger partial charge is 0.303 e. The van der Waals surface area contributed by atoms with Crippen LogP contribution in [0.2, 0.25) is 0 Å². The van der Waals surface area contributed by atoms with Crippen molar-refractivity contribution in [3.8, 4) is 0 Å². The molecule has 0 unspecified atom stereocenters. The minimum Gasteiger partial charge on any atom is -0.481 e. The minimum absolute atomic E-state index is 0.0202. The molecule has 0 spiro atoms. The zero-order valence-electron chi connectivity index (χ0n) is 20.5. The lowest BCUT2D eigenvalue weighted by Gasteiger charge is -2.33. The highest BCUT2D eigenvalue weighted by molar-refractivity contribution is 9.10. The van der Waals surface area contributed by atoms with Crippen molar-refractivity contribution in [2.45, 2.75) is 31.2 Å². The van der Waals surface area contributed by atoms with Crippen molar-refractivity contribution in [2.24, 2.45) is 0 Å². The second-order valence-corrected chi connectivity index (χ2v) is 11.4. The van der Waals surface area contributed by atoms with E-state index in [0.717, 1.165) is 21.2 Å². The number of fused-ring (bicyclic) bond motifs is 1. The zero-order valence-corrected chi connectivity index (χ0v) is 22.9. The average molecular weight is 597 g/mol. The molecule has 1 aliphatic rings. The van der Waals surface area contributed by atoms with E-state index in [1.54, 1.807) is 0 Å². The number of amides is 1. The van der Waals surface area contributed by atoms with Gasteiger partial charge in [-0.25, -0.2) is 13.1 Å². The Morgan fingerprint density at radius 1 is 1.00 bits per heavy atom. The second-order valence-electron chi connectivity index (χ2n) is 8.76. The number of carbonyl (C=O) groups is 3.